The number of ether oxygens (including phenoxy) is 6. The van der Waals surface area contributed by atoms with Crippen molar-refractivity contribution in [3.63, 3.8) is 0 Å². The van der Waals surface area contributed by atoms with E-state index in [1.165, 1.54) is 12.1 Å². The van der Waals surface area contributed by atoms with E-state index < -0.39 is 106 Å². The van der Waals surface area contributed by atoms with Crippen LogP contribution in [0.1, 0.15) is 74.7 Å². The first-order valence-electron chi connectivity index (χ1n) is 22.1. The monoisotopic (exact) mass is 915 g/mol. The van der Waals surface area contributed by atoms with E-state index >= 15 is 0 Å². The van der Waals surface area contributed by atoms with Crippen molar-refractivity contribution in [1.29, 1.82) is 0 Å². The maximum atomic E-state index is 14.6. The van der Waals surface area contributed by atoms with Gasteiger partial charge in [0.2, 0.25) is 10.0 Å². The van der Waals surface area contributed by atoms with Gasteiger partial charge in [0, 0.05) is 42.1 Å². The van der Waals surface area contributed by atoms with Gasteiger partial charge in [0.1, 0.15) is 29.7 Å². The van der Waals surface area contributed by atoms with Gasteiger partial charge in [-0.05, 0) is 85.3 Å². The average molecular weight is 916 g/mol. The molecule has 354 valence electrons. The predicted molar refractivity (Wildman–Crippen MR) is 232 cm³/mol. The normalized spacial score (nSPS) is 38.1. The topological polar surface area (TPSA) is 230 Å². The summed E-state index contributed by atoms with van der Waals surface area (Å²) in [5, 5.41) is 17.2. The molecule has 4 aliphatic rings. The number of rotatable bonds is 8. The molecule has 1 aromatic carbocycles. The fraction of sp³-hybridized carbons (Fsp3) is 0.667. The number of amides is 2. The number of carbonyl (C=O) groups excluding carboxylic acids is 4. The molecule has 2 aromatic rings. The van der Waals surface area contributed by atoms with E-state index in [9.17, 15) is 32.7 Å². The molecule has 1 unspecified atom stereocenters. The summed E-state index contributed by atoms with van der Waals surface area (Å²) >= 11 is 0. The van der Waals surface area contributed by atoms with Crippen molar-refractivity contribution in [1.82, 2.24) is 25.2 Å². The van der Waals surface area contributed by atoms with Gasteiger partial charge in [-0.2, -0.15) is 0 Å². The van der Waals surface area contributed by atoms with Crippen LogP contribution in [-0.2, 0) is 48.0 Å². The zero-order chi connectivity index (χ0) is 46.9. The number of carbonyl (C=O) groups is 4. The summed E-state index contributed by atoms with van der Waals surface area (Å²) < 4.78 is 69.0. The maximum absolute atomic E-state index is 14.6. The Labute approximate surface area is 375 Å². The molecule has 18 nitrogen and oxygen atoms in total. The van der Waals surface area contributed by atoms with Crippen LogP contribution in [0.5, 0.6) is 0 Å². The number of Topliss-reactive ketones (excluding diaryl/α,β-unsaturated/α-hetero) is 1. The number of aliphatic hydroxyl groups excluding tert-OH is 1. The van der Waals surface area contributed by atoms with Gasteiger partial charge in [0.15, 0.2) is 11.9 Å². The molecule has 1 aromatic heterocycles. The van der Waals surface area contributed by atoms with Gasteiger partial charge in [-0.1, -0.05) is 45.9 Å². The van der Waals surface area contributed by atoms with Crippen LogP contribution in [0.3, 0.4) is 0 Å². The van der Waals surface area contributed by atoms with Crippen LogP contribution in [0.4, 0.5) is 9.59 Å². The van der Waals surface area contributed by atoms with Crippen LogP contribution < -0.4 is 15.4 Å². The average Bonchev–Trinajstić information content (AvgIpc) is 3.56. The number of ketones is 1. The first kappa shape index (κ1) is 49.2. The third-order valence-electron chi connectivity index (χ3n) is 13.4. The summed E-state index contributed by atoms with van der Waals surface area (Å²) in [4.78, 5) is 62.3. The lowest BCUT2D eigenvalue weighted by atomic mass is 9.73. The summed E-state index contributed by atoms with van der Waals surface area (Å²) in [6.45, 7) is 12.9. The van der Waals surface area contributed by atoms with Crippen molar-refractivity contribution in [3.05, 3.63) is 48.7 Å². The quantitative estimate of drug-likeness (QED) is 0.218. The first-order valence-corrected chi connectivity index (χ1v) is 23.6. The Morgan fingerprint density at radius 3 is 2.39 bits per heavy atom. The Bertz CT molecular complexity index is 2110. The van der Waals surface area contributed by atoms with E-state index in [1.807, 2.05) is 25.9 Å². The summed E-state index contributed by atoms with van der Waals surface area (Å²) in [5.41, 5.74) is -2.04. The second-order valence-electron chi connectivity index (χ2n) is 18.5. The van der Waals surface area contributed by atoms with Gasteiger partial charge in [-0.25, -0.2) is 22.7 Å². The number of benzene rings is 1. The Morgan fingerprint density at radius 2 is 1.72 bits per heavy atom. The predicted octanol–water partition coefficient (Wildman–Crippen LogP) is 3.80. The second-order valence-corrected chi connectivity index (χ2v) is 20.3. The highest BCUT2D eigenvalue weighted by Gasteiger charge is 2.58. The molecule has 0 spiro atoms. The minimum Gasteiger partial charge on any atom is -0.458 e. The van der Waals surface area contributed by atoms with Crippen LogP contribution in [0.2, 0.25) is 0 Å². The van der Waals surface area contributed by atoms with E-state index in [4.69, 9.17) is 28.4 Å². The highest BCUT2D eigenvalue weighted by Crippen LogP contribution is 2.42. The summed E-state index contributed by atoms with van der Waals surface area (Å²) in [7, 11) is -0.609. The van der Waals surface area contributed by atoms with Gasteiger partial charge in [0.05, 0.1) is 47.4 Å². The zero-order valence-electron chi connectivity index (χ0n) is 38.3. The van der Waals surface area contributed by atoms with E-state index in [2.05, 4.69) is 20.3 Å². The summed E-state index contributed by atoms with van der Waals surface area (Å²) in [5.74, 6) is -4.75. The number of sulfonamides is 1. The van der Waals surface area contributed by atoms with E-state index in [0.29, 0.717) is 17.7 Å². The number of cyclic esters (lactones) is 1. The molecule has 19 heteroatoms. The lowest BCUT2D eigenvalue weighted by Crippen LogP contribution is -2.61. The van der Waals surface area contributed by atoms with Gasteiger partial charge < -0.3 is 49.1 Å². The van der Waals surface area contributed by atoms with Crippen molar-refractivity contribution in [2.24, 2.45) is 23.7 Å². The minimum absolute atomic E-state index is 0.0651. The number of hydrogen-bond donors (Lipinski definition) is 4. The summed E-state index contributed by atoms with van der Waals surface area (Å²) in [6, 6.07) is 9.16. The molecule has 2 bridgehead atoms. The smallest absolute Gasteiger partial charge is 0.408 e. The van der Waals surface area contributed by atoms with Crippen molar-refractivity contribution in [2.45, 2.75) is 146 Å². The van der Waals surface area contributed by atoms with Crippen molar-refractivity contribution in [2.75, 3.05) is 27.2 Å². The second kappa shape index (κ2) is 19.7. The van der Waals surface area contributed by atoms with E-state index in [-0.39, 0.29) is 48.8 Å². The van der Waals surface area contributed by atoms with E-state index in [0.717, 1.165) is 0 Å². The van der Waals surface area contributed by atoms with Crippen LogP contribution in [-0.4, -0.2) is 141 Å². The molecule has 0 saturated carbocycles. The third kappa shape index (κ3) is 10.4. The molecule has 5 heterocycles. The molecule has 0 radical (unpaired) electrons. The number of fused-ring (bicyclic) bond motifs is 4. The minimum atomic E-state index is -4.28. The number of aromatic nitrogens is 1. The van der Waals surface area contributed by atoms with Crippen LogP contribution in [0.25, 0.3) is 11.3 Å². The van der Waals surface area contributed by atoms with E-state index in [1.54, 1.807) is 85.0 Å². The molecule has 4 N–H and O–H groups in total. The number of likely N-dealkylation sites (N-methyl/N-ethyl adjacent to an activating group) is 1. The van der Waals surface area contributed by atoms with Crippen molar-refractivity contribution in [3.8, 4) is 11.3 Å². The Kier molecular flexibility index (Phi) is 15.1. The number of nitrogens with zero attached hydrogens (tertiary/aromatic N) is 2. The van der Waals surface area contributed by atoms with Gasteiger partial charge in [-0.3, -0.25) is 14.6 Å². The Hall–Kier alpha value is -4.24. The summed E-state index contributed by atoms with van der Waals surface area (Å²) in [6.07, 6.45) is -5.71. The zero-order valence-corrected chi connectivity index (χ0v) is 39.1. The van der Waals surface area contributed by atoms with Gasteiger partial charge in [0.25, 0.3) is 0 Å². The highest BCUT2D eigenvalue weighted by molar-refractivity contribution is 7.89. The Balaban J connectivity index is 1.44. The number of aliphatic hydroxyl groups is 1. The van der Waals surface area contributed by atoms with Gasteiger partial charge >= 0.3 is 18.2 Å². The standard InChI is InChI=1S/C45H65N5O13S/c1-11-34-45(8)38(48-43(55)63-45)26(4)35(51)24(2)21-44(7)39(61-41-36(52)33(50(9)10)19-25(3)59-41)27(5)37(28(6)40(53)60-34)58-23-30(22-47-42(54)62-44)49-64(56,57)31-16-14-15-29(20-31)32-17-12-13-18-46-32/h12-18,20,24-28,30,33-34,36-39,41,49,52H,11,19,21-23H2,1-10H3,(H,47,54)(H,48,55)/t24-,25-,26+,27+,28-,30?,33+,34-,36-,37+,38+,39-,41+,44-,45-/m1/s1. The SMILES string of the molecule is CC[C@H]1OC(=O)[C@H](C)[C@H]2OCC(NS(=O)(=O)c3cccc(-c4ccccn4)c3)CNC(=O)O[C@](C)(C[C@@H](C)C(=O)[C@H](C)[C@@H]3NC(=O)O[C@]13C)[C@H](O[C@@H]1O[C@H](C)C[C@H](N(C)C)[C@H]1O)[C@H]2C. The van der Waals surface area contributed by atoms with Crippen molar-refractivity contribution >= 4 is 34.0 Å². The molecule has 15 atom stereocenters. The van der Waals surface area contributed by atoms with Crippen LogP contribution in [0.15, 0.2) is 53.6 Å². The molecular formula is C45H65N5O13S. The number of alkyl carbamates (subject to hydrolysis) is 2. The number of nitrogens with one attached hydrogen (secondary N) is 3. The highest BCUT2D eigenvalue weighted by atomic mass is 32.2. The fourth-order valence-corrected chi connectivity index (χ4v) is 11.2. The largest absolute Gasteiger partial charge is 0.458 e. The lowest BCUT2D eigenvalue weighted by Gasteiger charge is -2.48. The number of esters is 1. The first-order chi connectivity index (χ1) is 30.1. The lowest BCUT2D eigenvalue weighted by molar-refractivity contribution is -0.299. The van der Waals surface area contributed by atoms with Gasteiger partial charge in [-0.15, -0.1) is 0 Å². The molecule has 0 aliphatic carbocycles. The Morgan fingerprint density at radius 1 is 0.984 bits per heavy atom. The third-order valence-corrected chi connectivity index (χ3v) is 14.9. The van der Waals surface area contributed by atoms with Crippen LogP contribution >= 0.6 is 0 Å². The molecule has 4 aliphatic heterocycles. The molecule has 64 heavy (non-hydrogen) atoms. The fourth-order valence-electron chi connectivity index (χ4n) is 9.98. The molecule has 4 saturated heterocycles. The number of hydrogen-bond acceptors (Lipinski definition) is 15. The maximum Gasteiger partial charge on any atom is 0.408 e. The molecule has 2 amide bonds. The molecule has 6 rings (SSSR count). The molecular weight excluding hydrogens is 851 g/mol. The van der Waals surface area contributed by atoms with Crippen LogP contribution in [0, 0.1) is 23.7 Å². The molecule has 4 fully saturated rings. The van der Waals surface area contributed by atoms with Crippen molar-refractivity contribution < 1.29 is 61.1 Å². The number of pyridine rings is 1.